The molecule has 0 heterocycles. The van der Waals surface area contributed by atoms with Gasteiger partial charge in [-0.3, -0.25) is 4.55 Å². The van der Waals surface area contributed by atoms with E-state index in [1.54, 1.807) is 0 Å². The zero-order chi connectivity index (χ0) is 9.19. The fourth-order valence-electron chi connectivity index (χ4n) is 0.693. The van der Waals surface area contributed by atoms with Gasteiger partial charge in [0, 0.05) is 0 Å². The molecule has 13 heavy (non-hydrogen) atoms. The maximum absolute atomic E-state index is 10.5. The fourth-order valence-corrected chi connectivity index (χ4v) is 1.17. The Balaban J connectivity index is 0.00000144. The van der Waals surface area contributed by atoms with Gasteiger partial charge in [0.25, 0.3) is 10.1 Å². The SMILES string of the molecule is N=Nc1ccc(S(=O)(=O)O)cc1.[NaH]. The van der Waals surface area contributed by atoms with E-state index >= 15 is 0 Å². The summed E-state index contributed by atoms with van der Waals surface area (Å²) in [4.78, 5) is -0.199. The maximum atomic E-state index is 10.5. The first-order chi connectivity index (χ1) is 5.54. The van der Waals surface area contributed by atoms with Crippen molar-refractivity contribution in [1.29, 1.82) is 5.53 Å². The summed E-state index contributed by atoms with van der Waals surface area (Å²) in [5.41, 5.74) is 6.92. The van der Waals surface area contributed by atoms with Crippen LogP contribution in [0.25, 0.3) is 0 Å². The normalized spacial score (nSPS) is 10.2. The molecule has 0 amide bonds. The van der Waals surface area contributed by atoms with E-state index in [0.717, 1.165) is 0 Å². The second-order valence-corrected chi connectivity index (χ2v) is 3.50. The predicted molar refractivity (Wildman–Crippen MR) is 48.2 cm³/mol. The van der Waals surface area contributed by atoms with E-state index in [9.17, 15) is 8.42 Å². The van der Waals surface area contributed by atoms with Crippen LogP contribution in [0.5, 0.6) is 0 Å². The summed E-state index contributed by atoms with van der Waals surface area (Å²) in [7, 11) is -4.13. The molecule has 2 N–H and O–H groups in total. The molecular weight excluding hydrogens is 203 g/mol. The molecule has 0 aliphatic carbocycles. The molecule has 0 aliphatic heterocycles. The molecule has 66 valence electrons. The van der Waals surface area contributed by atoms with Crippen LogP contribution in [0.3, 0.4) is 0 Å². The van der Waals surface area contributed by atoms with Crippen molar-refractivity contribution in [3.8, 4) is 0 Å². The van der Waals surface area contributed by atoms with Crippen molar-refractivity contribution in [2.45, 2.75) is 4.90 Å². The molecule has 0 radical (unpaired) electrons. The van der Waals surface area contributed by atoms with Gasteiger partial charge >= 0.3 is 29.6 Å². The van der Waals surface area contributed by atoms with Gasteiger partial charge in [0.1, 0.15) is 0 Å². The van der Waals surface area contributed by atoms with E-state index in [-0.39, 0.29) is 34.5 Å². The fraction of sp³-hybridized carbons (Fsp3) is 0. The molecule has 5 nitrogen and oxygen atoms in total. The first kappa shape index (κ1) is 12.7. The van der Waals surface area contributed by atoms with Crippen molar-refractivity contribution in [1.82, 2.24) is 0 Å². The Kier molecular flexibility index (Phi) is 4.72. The van der Waals surface area contributed by atoms with E-state index in [1.165, 1.54) is 24.3 Å². The van der Waals surface area contributed by atoms with Crippen LogP contribution in [-0.4, -0.2) is 42.5 Å². The summed E-state index contributed by atoms with van der Waals surface area (Å²) in [6, 6.07) is 5.03. The minimum atomic E-state index is -4.13. The van der Waals surface area contributed by atoms with Gasteiger partial charge in [-0.1, -0.05) is 0 Å². The van der Waals surface area contributed by atoms with Crippen LogP contribution in [-0.2, 0) is 10.1 Å². The van der Waals surface area contributed by atoms with Crippen LogP contribution in [0, 0.1) is 5.53 Å². The van der Waals surface area contributed by atoms with E-state index in [2.05, 4.69) is 5.11 Å². The van der Waals surface area contributed by atoms with Crippen molar-refractivity contribution in [2.24, 2.45) is 5.11 Å². The van der Waals surface area contributed by atoms with Crippen LogP contribution < -0.4 is 0 Å². The van der Waals surface area contributed by atoms with Crippen molar-refractivity contribution in [2.75, 3.05) is 0 Å². The Morgan fingerprint density at radius 3 is 2.00 bits per heavy atom. The first-order valence-corrected chi connectivity index (χ1v) is 4.43. The van der Waals surface area contributed by atoms with E-state index in [0.29, 0.717) is 5.69 Å². The minimum absolute atomic E-state index is 0. The van der Waals surface area contributed by atoms with Gasteiger partial charge in [-0.2, -0.15) is 13.5 Å². The number of rotatable bonds is 2. The summed E-state index contributed by atoms with van der Waals surface area (Å²) in [6.07, 6.45) is 0. The number of nitrogens with zero attached hydrogens (tertiary/aromatic N) is 1. The third kappa shape index (κ3) is 3.53. The number of nitrogens with one attached hydrogen (secondary N) is 1. The third-order valence-corrected chi connectivity index (χ3v) is 2.13. The summed E-state index contributed by atoms with van der Waals surface area (Å²) in [5, 5.41) is 3.07. The summed E-state index contributed by atoms with van der Waals surface area (Å²) < 4.78 is 29.6. The molecule has 0 fully saturated rings. The standard InChI is InChI=1S/C6H6N2O3S.Na.H/c7-8-5-1-3-6(4-2-5)12(9,10)11;;/h1-4,7H,(H,9,10,11);;. The van der Waals surface area contributed by atoms with Crippen molar-refractivity contribution < 1.29 is 13.0 Å². The Morgan fingerprint density at radius 2 is 1.69 bits per heavy atom. The van der Waals surface area contributed by atoms with Gasteiger partial charge in [0.05, 0.1) is 10.6 Å². The third-order valence-electron chi connectivity index (χ3n) is 1.26. The van der Waals surface area contributed by atoms with Crippen molar-refractivity contribution >= 4 is 45.4 Å². The first-order valence-electron chi connectivity index (χ1n) is 2.99. The van der Waals surface area contributed by atoms with Crippen LogP contribution in [0.15, 0.2) is 34.3 Å². The Morgan fingerprint density at radius 1 is 1.23 bits per heavy atom. The quantitative estimate of drug-likeness (QED) is 0.432. The molecule has 0 saturated heterocycles. The monoisotopic (exact) mass is 210 g/mol. The topological polar surface area (TPSA) is 90.6 Å². The van der Waals surface area contributed by atoms with E-state index in [4.69, 9.17) is 10.1 Å². The molecule has 7 heteroatoms. The van der Waals surface area contributed by atoms with Gasteiger partial charge < -0.3 is 0 Å². The van der Waals surface area contributed by atoms with Crippen LogP contribution in [0.2, 0.25) is 0 Å². The Hall–Kier alpha value is -0.270. The molecule has 1 aromatic carbocycles. The average molecular weight is 210 g/mol. The Labute approximate surface area is 97.7 Å². The molecule has 0 spiro atoms. The molecule has 0 aromatic heterocycles. The van der Waals surface area contributed by atoms with Crippen molar-refractivity contribution in [3.63, 3.8) is 0 Å². The number of hydrogen-bond donors (Lipinski definition) is 2. The number of hydrogen-bond acceptors (Lipinski definition) is 4. The zero-order valence-corrected chi connectivity index (χ0v) is 6.75. The van der Waals surface area contributed by atoms with Crippen LogP contribution >= 0.6 is 0 Å². The van der Waals surface area contributed by atoms with Gasteiger partial charge in [0.15, 0.2) is 0 Å². The predicted octanol–water partition coefficient (Wildman–Crippen LogP) is 0.947. The molecule has 0 bridgehead atoms. The van der Waals surface area contributed by atoms with E-state index in [1.807, 2.05) is 0 Å². The molecule has 1 rings (SSSR count). The van der Waals surface area contributed by atoms with E-state index < -0.39 is 10.1 Å². The molecular formula is C6H7N2NaO3S. The Bertz CT molecular complexity index is 387. The molecule has 0 aliphatic rings. The van der Waals surface area contributed by atoms with Gasteiger partial charge in [-0.25, -0.2) is 5.53 Å². The molecule has 0 unspecified atom stereocenters. The summed E-state index contributed by atoms with van der Waals surface area (Å²) in [5.74, 6) is 0. The summed E-state index contributed by atoms with van der Waals surface area (Å²) >= 11 is 0. The average Bonchev–Trinajstić information content (AvgIpc) is 2.03. The molecule has 1 aromatic rings. The second-order valence-electron chi connectivity index (χ2n) is 2.08. The number of benzene rings is 1. The summed E-state index contributed by atoms with van der Waals surface area (Å²) in [6.45, 7) is 0. The van der Waals surface area contributed by atoms with Gasteiger partial charge in [-0.15, -0.1) is 0 Å². The zero-order valence-electron chi connectivity index (χ0n) is 5.93. The second kappa shape index (κ2) is 4.83. The molecule has 0 atom stereocenters. The molecule has 0 saturated carbocycles. The van der Waals surface area contributed by atoms with Crippen molar-refractivity contribution in [3.05, 3.63) is 24.3 Å². The van der Waals surface area contributed by atoms with Gasteiger partial charge in [-0.05, 0) is 24.3 Å². The van der Waals surface area contributed by atoms with Crippen LogP contribution in [0.4, 0.5) is 5.69 Å². The van der Waals surface area contributed by atoms with Gasteiger partial charge in [0.2, 0.25) is 0 Å². The van der Waals surface area contributed by atoms with Crippen LogP contribution in [0.1, 0.15) is 0 Å².